The van der Waals surface area contributed by atoms with Gasteiger partial charge in [-0.25, -0.2) is 4.79 Å². The first-order valence-electron chi connectivity index (χ1n) is 10.8. The van der Waals surface area contributed by atoms with Gasteiger partial charge in [-0.3, -0.25) is 25.2 Å². The van der Waals surface area contributed by atoms with Crippen LogP contribution in [0.5, 0.6) is 0 Å². The number of hydrogen-bond donors (Lipinski definition) is 3. The number of hydrogen-bond acceptors (Lipinski definition) is 6. The second-order valence-corrected chi connectivity index (χ2v) is 9.60. The molecule has 0 bridgehead atoms. The minimum atomic E-state index is -0.908. The topological polar surface area (TPSA) is 114 Å². The van der Waals surface area contributed by atoms with Gasteiger partial charge >= 0.3 is 5.97 Å². The predicted molar refractivity (Wildman–Crippen MR) is 132 cm³/mol. The maximum atomic E-state index is 12.7. The van der Waals surface area contributed by atoms with Gasteiger partial charge in [0.15, 0.2) is 6.61 Å². The smallest absolute Gasteiger partial charge is 0.329 e. The Bertz CT molecular complexity index is 988. The molecule has 0 radical (unpaired) electrons. The molecular weight excluding hydrogens is 454 g/mol. The van der Waals surface area contributed by atoms with E-state index in [-0.39, 0.29) is 5.41 Å². The standard InChI is InChI=1S/C25H31N3O5S/c1-25(2,3)19-12-10-18(11-13-19)22(30)26-20(14-15-34-4)24(32)33-16-21(29)27-28-23(31)17-8-6-5-7-9-17/h5-13,20H,14-16H2,1-4H3,(H,26,30)(H,27,29)(H,28,31)/t20-/m1/s1. The second kappa shape index (κ2) is 12.8. The van der Waals surface area contributed by atoms with Crippen molar-refractivity contribution in [3.05, 3.63) is 71.3 Å². The van der Waals surface area contributed by atoms with E-state index in [2.05, 4.69) is 36.9 Å². The molecule has 0 aliphatic carbocycles. The zero-order valence-electron chi connectivity index (χ0n) is 19.8. The monoisotopic (exact) mass is 485 g/mol. The average Bonchev–Trinajstić information content (AvgIpc) is 2.83. The molecular formula is C25H31N3O5S. The van der Waals surface area contributed by atoms with Crippen LogP contribution < -0.4 is 16.2 Å². The van der Waals surface area contributed by atoms with Gasteiger partial charge in [-0.1, -0.05) is 51.1 Å². The molecule has 34 heavy (non-hydrogen) atoms. The average molecular weight is 486 g/mol. The minimum Gasteiger partial charge on any atom is -0.454 e. The quantitative estimate of drug-likeness (QED) is 0.372. The first kappa shape index (κ1) is 26.9. The summed E-state index contributed by atoms with van der Waals surface area (Å²) in [6.07, 6.45) is 2.23. The molecule has 182 valence electrons. The lowest BCUT2D eigenvalue weighted by molar-refractivity contribution is -0.150. The maximum absolute atomic E-state index is 12.7. The fraction of sp³-hybridized carbons (Fsp3) is 0.360. The minimum absolute atomic E-state index is 0.0408. The van der Waals surface area contributed by atoms with Crippen molar-refractivity contribution in [3.8, 4) is 0 Å². The molecule has 0 aliphatic heterocycles. The number of benzene rings is 2. The molecule has 3 N–H and O–H groups in total. The Hall–Kier alpha value is -3.33. The largest absolute Gasteiger partial charge is 0.454 e. The normalized spacial score (nSPS) is 11.8. The van der Waals surface area contributed by atoms with Gasteiger partial charge in [0.05, 0.1) is 0 Å². The Morgan fingerprint density at radius 3 is 2.09 bits per heavy atom. The highest BCUT2D eigenvalue weighted by atomic mass is 32.2. The fourth-order valence-electron chi connectivity index (χ4n) is 2.91. The summed E-state index contributed by atoms with van der Waals surface area (Å²) in [5.74, 6) is -1.71. The lowest BCUT2D eigenvalue weighted by atomic mass is 9.86. The Morgan fingerprint density at radius 2 is 1.50 bits per heavy atom. The molecule has 0 heterocycles. The molecule has 3 amide bonds. The molecule has 0 aliphatic rings. The Labute approximate surface area is 204 Å². The molecule has 9 heteroatoms. The van der Waals surface area contributed by atoms with Gasteiger partial charge in [0.2, 0.25) is 0 Å². The number of carbonyl (C=O) groups is 4. The number of ether oxygens (including phenoxy) is 1. The summed E-state index contributed by atoms with van der Waals surface area (Å²) in [5.41, 5.74) is 6.29. The molecule has 0 aromatic heterocycles. The molecule has 0 fully saturated rings. The van der Waals surface area contributed by atoms with Crippen molar-refractivity contribution in [2.45, 2.75) is 38.6 Å². The van der Waals surface area contributed by atoms with Crippen LogP contribution in [-0.2, 0) is 19.7 Å². The summed E-state index contributed by atoms with van der Waals surface area (Å²) in [6.45, 7) is 5.65. The van der Waals surface area contributed by atoms with Gasteiger partial charge in [-0.05, 0) is 53.7 Å². The molecule has 0 spiro atoms. The van der Waals surface area contributed by atoms with Crippen LogP contribution in [0.3, 0.4) is 0 Å². The van der Waals surface area contributed by atoms with E-state index in [0.717, 1.165) is 5.56 Å². The van der Waals surface area contributed by atoms with Gasteiger partial charge < -0.3 is 10.1 Å². The fourth-order valence-corrected chi connectivity index (χ4v) is 3.38. The number of thioether (sulfide) groups is 1. The van der Waals surface area contributed by atoms with E-state index >= 15 is 0 Å². The van der Waals surface area contributed by atoms with Crippen LogP contribution in [-0.4, -0.2) is 48.3 Å². The number of hydrazine groups is 1. The molecule has 0 saturated heterocycles. The Kier molecular flexibility index (Phi) is 10.1. The molecule has 0 saturated carbocycles. The third-order valence-electron chi connectivity index (χ3n) is 4.91. The maximum Gasteiger partial charge on any atom is 0.329 e. The SMILES string of the molecule is CSCC[C@@H](NC(=O)c1ccc(C(C)(C)C)cc1)C(=O)OCC(=O)NNC(=O)c1ccccc1. The van der Waals surface area contributed by atoms with Crippen LogP contribution in [0.2, 0.25) is 0 Å². The van der Waals surface area contributed by atoms with E-state index in [1.165, 1.54) is 11.8 Å². The van der Waals surface area contributed by atoms with Crippen LogP contribution in [0.4, 0.5) is 0 Å². The molecule has 1 atom stereocenters. The third-order valence-corrected chi connectivity index (χ3v) is 5.55. The molecule has 2 rings (SSSR count). The highest BCUT2D eigenvalue weighted by molar-refractivity contribution is 7.98. The summed E-state index contributed by atoms with van der Waals surface area (Å²) in [5, 5.41) is 2.69. The zero-order valence-corrected chi connectivity index (χ0v) is 20.7. The summed E-state index contributed by atoms with van der Waals surface area (Å²) < 4.78 is 5.08. The molecule has 2 aromatic rings. The van der Waals surface area contributed by atoms with Gasteiger partial charge in [0, 0.05) is 11.1 Å². The summed E-state index contributed by atoms with van der Waals surface area (Å²) >= 11 is 1.52. The number of carbonyl (C=O) groups excluding carboxylic acids is 4. The zero-order chi connectivity index (χ0) is 25.1. The van der Waals surface area contributed by atoms with Crippen molar-refractivity contribution < 1.29 is 23.9 Å². The predicted octanol–water partition coefficient (Wildman–Crippen LogP) is 2.84. The Balaban J connectivity index is 1.89. The highest BCUT2D eigenvalue weighted by Crippen LogP contribution is 2.22. The molecule has 2 aromatic carbocycles. The van der Waals surface area contributed by atoms with Crippen molar-refractivity contribution >= 4 is 35.5 Å². The highest BCUT2D eigenvalue weighted by Gasteiger charge is 2.24. The number of amides is 3. The van der Waals surface area contributed by atoms with Gasteiger partial charge in [0.1, 0.15) is 6.04 Å². The van der Waals surface area contributed by atoms with Crippen LogP contribution >= 0.6 is 11.8 Å². The van der Waals surface area contributed by atoms with Crippen molar-refractivity contribution in [1.29, 1.82) is 0 Å². The van der Waals surface area contributed by atoms with Crippen LogP contribution in [0.1, 0.15) is 53.5 Å². The summed E-state index contributed by atoms with van der Waals surface area (Å²) in [6, 6.07) is 14.6. The van der Waals surface area contributed by atoms with E-state index in [1.807, 2.05) is 18.4 Å². The second-order valence-electron chi connectivity index (χ2n) is 8.61. The Morgan fingerprint density at radius 1 is 0.882 bits per heavy atom. The van der Waals surface area contributed by atoms with Crippen molar-refractivity contribution in [3.63, 3.8) is 0 Å². The van der Waals surface area contributed by atoms with Crippen molar-refractivity contribution in [2.75, 3.05) is 18.6 Å². The van der Waals surface area contributed by atoms with E-state index in [1.54, 1.807) is 42.5 Å². The number of rotatable bonds is 9. The van der Waals surface area contributed by atoms with Crippen LogP contribution in [0, 0.1) is 0 Å². The first-order valence-corrected chi connectivity index (χ1v) is 12.2. The van der Waals surface area contributed by atoms with Crippen molar-refractivity contribution in [2.24, 2.45) is 0 Å². The van der Waals surface area contributed by atoms with Crippen LogP contribution in [0.15, 0.2) is 54.6 Å². The van der Waals surface area contributed by atoms with E-state index in [9.17, 15) is 19.2 Å². The van der Waals surface area contributed by atoms with Crippen molar-refractivity contribution in [1.82, 2.24) is 16.2 Å². The van der Waals surface area contributed by atoms with Crippen LogP contribution in [0.25, 0.3) is 0 Å². The van der Waals surface area contributed by atoms with Gasteiger partial charge in [-0.15, -0.1) is 0 Å². The third kappa shape index (κ3) is 8.55. The van der Waals surface area contributed by atoms with E-state index in [4.69, 9.17) is 4.74 Å². The number of esters is 1. The lowest BCUT2D eigenvalue weighted by Crippen LogP contribution is -2.46. The van der Waals surface area contributed by atoms with Gasteiger partial charge in [0.25, 0.3) is 17.7 Å². The lowest BCUT2D eigenvalue weighted by Gasteiger charge is -2.20. The summed E-state index contributed by atoms with van der Waals surface area (Å²) in [7, 11) is 0. The summed E-state index contributed by atoms with van der Waals surface area (Å²) in [4.78, 5) is 49.2. The van der Waals surface area contributed by atoms with E-state index in [0.29, 0.717) is 23.3 Å². The number of nitrogens with one attached hydrogen (secondary N) is 3. The van der Waals surface area contributed by atoms with E-state index < -0.39 is 36.3 Å². The molecule has 0 unspecified atom stereocenters. The first-order chi connectivity index (χ1) is 16.1. The van der Waals surface area contributed by atoms with Gasteiger partial charge in [-0.2, -0.15) is 11.8 Å². The molecule has 8 nitrogen and oxygen atoms in total.